The lowest BCUT2D eigenvalue weighted by Crippen LogP contribution is -2.17. The zero-order valence-corrected chi connectivity index (χ0v) is 22.4. The maximum atomic E-state index is 12.6. The number of aromatic nitrogens is 3. The highest BCUT2D eigenvalue weighted by atomic mass is 79.9. The Labute approximate surface area is 223 Å². The first kappa shape index (κ1) is 25.0. The Hall–Kier alpha value is -3.08. The van der Waals surface area contributed by atoms with E-state index in [0.717, 1.165) is 31.8 Å². The fourth-order valence-corrected chi connectivity index (χ4v) is 4.30. The van der Waals surface area contributed by atoms with Gasteiger partial charge in [-0.3, -0.25) is 4.79 Å². The number of amides is 1. The van der Waals surface area contributed by atoms with Crippen molar-refractivity contribution in [3.8, 4) is 22.5 Å². The van der Waals surface area contributed by atoms with Gasteiger partial charge in [0.1, 0.15) is 11.4 Å². The number of hydrogen-bond acceptors (Lipinski definition) is 7. The highest BCUT2D eigenvalue weighted by molar-refractivity contribution is 9.10. The fourth-order valence-electron chi connectivity index (χ4n) is 3.18. The third-order valence-corrected chi connectivity index (χ3v) is 6.74. The van der Waals surface area contributed by atoms with Crippen molar-refractivity contribution in [2.45, 2.75) is 5.16 Å². The smallest absolute Gasteiger partial charge is 0.339 e. The second-order valence-corrected chi connectivity index (χ2v) is 9.95. The summed E-state index contributed by atoms with van der Waals surface area (Å²) in [6.45, 7) is 0. The number of nitrogens with one attached hydrogen (secondary N) is 1. The standard InChI is InChI=1S/C25H18Br2N4O3S/c1-34-24(33)19-4-2-3-5-20(19)28-21(32)14-35-25-29-22(15-6-10-17(26)11-7-15)23(30-31-25)16-8-12-18(27)13-9-16/h2-13H,14H2,1H3,(H,28,32). The molecule has 1 aromatic heterocycles. The van der Waals surface area contributed by atoms with Crippen LogP contribution < -0.4 is 5.32 Å². The Morgan fingerprint density at radius 2 is 1.46 bits per heavy atom. The van der Waals surface area contributed by atoms with Crippen molar-refractivity contribution in [2.75, 3.05) is 18.2 Å². The molecule has 0 fully saturated rings. The van der Waals surface area contributed by atoms with Gasteiger partial charge in [0.05, 0.1) is 24.1 Å². The molecular formula is C25H18Br2N4O3S. The van der Waals surface area contributed by atoms with E-state index in [1.165, 1.54) is 7.11 Å². The number of ether oxygens (including phenoxy) is 1. The predicted octanol–water partition coefficient (Wildman–Crippen LogP) is 6.25. The molecular weight excluding hydrogens is 596 g/mol. The lowest BCUT2D eigenvalue weighted by molar-refractivity contribution is -0.113. The van der Waals surface area contributed by atoms with Gasteiger partial charge in [-0.05, 0) is 36.4 Å². The number of esters is 1. The van der Waals surface area contributed by atoms with Crippen LogP contribution in [0.15, 0.2) is 86.9 Å². The van der Waals surface area contributed by atoms with Gasteiger partial charge in [-0.2, -0.15) is 0 Å². The van der Waals surface area contributed by atoms with Gasteiger partial charge in [-0.1, -0.05) is 80.0 Å². The van der Waals surface area contributed by atoms with Crippen molar-refractivity contribution >= 4 is 61.2 Å². The molecule has 0 bridgehead atoms. The molecule has 0 aliphatic heterocycles. The van der Waals surface area contributed by atoms with Crippen molar-refractivity contribution < 1.29 is 14.3 Å². The number of thioether (sulfide) groups is 1. The molecule has 1 N–H and O–H groups in total. The number of hydrogen-bond donors (Lipinski definition) is 1. The normalized spacial score (nSPS) is 10.6. The number of halogens is 2. The SMILES string of the molecule is COC(=O)c1ccccc1NC(=O)CSc1nnc(-c2ccc(Br)cc2)c(-c2ccc(Br)cc2)n1. The lowest BCUT2D eigenvalue weighted by Gasteiger charge is -2.11. The number of carbonyl (C=O) groups excluding carboxylic acids is 2. The Kier molecular flexibility index (Phi) is 8.27. The second kappa shape index (κ2) is 11.6. The van der Waals surface area contributed by atoms with Crippen molar-refractivity contribution in [3.05, 3.63) is 87.3 Å². The van der Waals surface area contributed by atoms with Crippen LogP contribution in [0.3, 0.4) is 0 Å². The molecule has 0 aliphatic carbocycles. The van der Waals surface area contributed by atoms with E-state index in [9.17, 15) is 9.59 Å². The molecule has 3 aromatic carbocycles. The first-order valence-corrected chi connectivity index (χ1v) is 12.9. The van der Waals surface area contributed by atoms with Crippen LogP contribution in [-0.2, 0) is 9.53 Å². The van der Waals surface area contributed by atoms with Gasteiger partial charge in [-0.15, -0.1) is 10.2 Å². The van der Waals surface area contributed by atoms with Crippen LogP contribution in [0.4, 0.5) is 5.69 Å². The van der Waals surface area contributed by atoms with Crippen molar-refractivity contribution in [2.24, 2.45) is 0 Å². The van der Waals surface area contributed by atoms with E-state index in [2.05, 4.69) is 47.4 Å². The number of benzene rings is 3. The molecule has 176 valence electrons. The van der Waals surface area contributed by atoms with E-state index in [-0.39, 0.29) is 17.2 Å². The summed E-state index contributed by atoms with van der Waals surface area (Å²) in [5.41, 5.74) is 3.71. The summed E-state index contributed by atoms with van der Waals surface area (Å²) in [5.74, 6) is -0.796. The predicted molar refractivity (Wildman–Crippen MR) is 143 cm³/mol. The van der Waals surface area contributed by atoms with E-state index in [1.54, 1.807) is 24.3 Å². The summed E-state index contributed by atoms with van der Waals surface area (Å²) in [4.78, 5) is 29.3. The van der Waals surface area contributed by atoms with Crippen LogP contribution in [0.25, 0.3) is 22.5 Å². The zero-order valence-electron chi connectivity index (χ0n) is 18.4. The van der Waals surface area contributed by atoms with E-state index in [4.69, 9.17) is 9.72 Å². The summed E-state index contributed by atoms with van der Waals surface area (Å²) in [6.07, 6.45) is 0. The fraction of sp³-hybridized carbons (Fsp3) is 0.0800. The number of anilines is 1. The molecule has 0 spiro atoms. The van der Waals surface area contributed by atoms with Crippen molar-refractivity contribution in [3.63, 3.8) is 0 Å². The van der Waals surface area contributed by atoms with Crippen LogP contribution in [0.2, 0.25) is 0 Å². The van der Waals surface area contributed by atoms with Crippen LogP contribution in [0, 0.1) is 0 Å². The Morgan fingerprint density at radius 3 is 2.09 bits per heavy atom. The topological polar surface area (TPSA) is 94.1 Å². The second-order valence-electron chi connectivity index (χ2n) is 7.18. The third-order valence-electron chi connectivity index (χ3n) is 4.84. The summed E-state index contributed by atoms with van der Waals surface area (Å²) >= 11 is 8.07. The quantitative estimate of drug-likeness (QED) is 0.194. The van der Waals surface area contributed by atoms with Gasteiger partial charge in [0.2, 0.25) is 11.1 Å². The molecule has 7 nitrogen and oxygen atoms in total. The van der Waals surface area contributed by atoms with E-state index >= 15 is 0 Å². The zero-order chi connectivity index (χ0) is 24.8. The number of methoxy groups -OCH3 is 1. The summed E-state index contributed by atoms with van der Waals surface area (Å²) in [5, 5.41) is 11.8. The van der Waals surface area contributed by atoms with Gasteiger partial charge >= 0.3 is 5.97 Å². The maximum Gasteiger partial charge on any atom is 0.339 e. The highest BCUT2D eigenvalue weighted by Gasteiger charge is 2.17. The molecule has 0 aliphatic rings. The molecule has 1 amide bonds. The molecule has 0 saturated carbocycles. The van der Waals surface area contributed by atoms with E-state index < -0.39 is 5.97 Å². The molecule has 0 unspecified atom stereocenters. The Morgan fingerprint density at radius 1 is 0.857 bits per heavy atom. The highest BCUT2D eigenvalue weighted by Crippen LogP contribution is 2.31. The monoisotopic (exact) mass is 612 g/mol. The van der Waals surface area contributed by atoms with Crippen LogP contribution in [0.1, 0.15) is 10.4 Å². The third kappa shape index (κ3) is 6.33. The minimum atomic E-state index is -0.524. The Balaban J connectivity index is 1.56. The number of para-hydroxylation sites is 1. The van der Waals surface area contributed by atoms with Crippen molar-refractivity contribution in [1.82, 2.24) is 15.2 Å². The molecule has 4 aromatic rings. The molecule has 0 atom stereocenters. The van der Waals surface area contributed by atoms with Crippen molar-refractivity contribution in [1.29, 1.82) is 0 Å². The molecule has 35 heavy (non-hydrogen) atoms. The van der Waals surface area contributed by atoms with Gasteiger partial charge in [0.25, 0.3) is 0 Å². The Bertz CT molecular complexity index is 1370. The number of rotatable bonds is 7. The summed E-state index contributed by atoms with van der Waals surface area (Å²) < 4.78 is 6.68. The summed E-state index contributed by atoms with van der Waals surface area (Å²) in [6, 6.07) is 22.2. The molecule has 1 heterocycles. The van der Waals surface area contributed by atoms with Gasteiger partial charge in [0, 0.05) is 20.1 Å². The lowest BCUT2D eigenvalue weighted by atomic mass is 10.0. The number of nitrogens with zero attached hydrogens (tertiary/aromatic N) is 3. The van der Waals surface area contributed by atoms with E-state index in [1.807, 2.05) is 48.5 Å². The largest absolute Gasteiger partial charge is 0.465 e. The molecule has 10 heteroatoms. The average Bonchev–Trinajstić information content (AvgIpc) is 2.88. The van der Waals surface area contributed by atoms with E-state index in [0.29, 0.717) is 22.2 Å². The molecule has 0 radical (unpaired) electrons. The minimum absolute atomic E-state index is 0.0363. The first-order valence-electron chi connectivity index (χ1n) is 10.3. The van der Waals surface area contributed by atoms with Gasteiger partial charge in [-0.25, -0.2) is 9.78 Å². The van der Waals surface area contributed by atoms with Crippen LogP contribution in [-0.4, -0.2) is 39.9 Å². The first-order chi connectivity index (χ1) is 16.9. The van der Waals surface area contributed by atoms with Crippen LogP contribution in [0.5, 0.6) is 0 Å². The average molecular weight is 614 g/mol. The van der Waals surface area contributed by atoms with Gasteiger partial charge < -0.3 is 10.1 Å². The number of carbonyl (C=O) groups is 2. The van der Waals surface area contributed by atoms with Gasteiger partial charge in [0.15, 0.2) is 0 Å². The molecule has 4 rings (SSSR count). The maximum absolute atomic E-state index is 12.6. The van der Waals surface area contributed by atoms with Crippen LogP contribution >= 0.6 is 43.6 Å². The minimum Gasteiger partial charge on any atom is -0.465 e. The molecule has 0 saturated heterocycles. The summed E-state index contributed by atoms with van der Waals surface area (Å²) in [7, 11) is 1.29.